The Kier molecular flexibility index (Phi) is 14.1. The highest BCUT2D eigenvalue weighted by Gasteiger charge is 1.96. The highest BCUT2D eigenvalue weighted by atomic mass is 16.5. The van der Waals surface area contributed by atoms with Crippen LogP contribution in [0.5, 0.6) is 0 Å². The van der Waals surface area contributed by atoms with Gasteiger partial charge in [0.05, 0.1) is 6.61 Å². The zero-order valence-electron chi connectivity index (χ0n) is 9.47. The van der Waals surface area contributed by atoms with Crippen molar-refractivity contribution in [1.82, 2.24) is 0 Å². The molecule has 0 aliphatic rings. The molecule has 0 radical (unpaired) electrons. The van der Waals surface area contributed by atoms with Gasteiger partial charge in [-0.05, 0) is 6.42 Å². The van der Waals surface area contributed by atoms with Crippen LogP contribution in [-0.2, 0) is 9.53 Å². The van der Waals surface area contributed by atoms with Gasteiger partial charge in [0.2, 0.25) is 0 Å². The molecule has 0 heterocycles. The SMILES string of the molecule is CCCCCCCCOC(=O)CC.O. The van der Waals surface area contributed by atoms with Gasteiger partial charge in [-0.1, -0.05) is 46.0 Å². The maximum Gasteiger partial charge on any atom is 0.305 e. The Morgan fingerprint density at radius 3 is 2.14 bits per heavy atom. The normalized spacial score (nSPS) is 9.29. The molecule has 0 aliphatic heterocycles. The van der Waals surface area contributed by atoms with Crippen LogP contribution < -0.4 is 0 Å². The van der Waals surface area contributed by atoms with Crippen LogP contribution in [0.4, 0.5) is 0 Å². The molecule has 3 nitrogen and oxygen atoms in total. The Balaban J connectivity index is 0. The van der Waals surface area contributed by atoms with E-state index in [9.17, 15) is 4.79 Å². The van der Waals surface area contributed by atoms with Gasteiger partial charge in [-0.15, -0.1) is 0 Å². The van der Waals surface area contributed by atoms with Crippen LogP contribution in [0.1, 0.15) is 58.8 Å². The molecule has 0 saturated heterocycles. The first-order valence-electron chi connectivity index (χ1n) is 5.46. The summed E-state index contributed by atoms with van der Waals surface area (Å²) in [5.41, 5.74) is 0. The lowest BCUT2D eigenvalue weighted by molar-refractivity contribution is -0.143. The minimum absolute atomic E-state index is 0. The first-order valence-corrected chi connectivity index (χ1v) is 5.46. The lowest BCUT2D eigenvalue weighted by Gasteiger charge is -2.02. The molecular weight excluding hydrogens is 180 g/mol. The van der Waals surface area contributed by atoms with E-state index in [0.717, 1.165) is 6.42 Å². The molecule has 0 aromatic carbocycles. The smallest absolute Gasteiger partial charge is 0.305 e. The largest absolute Gasteiger partial charge is 0.466 e. The molecule has 0 bridgehead atoms. The minimum atomic E-state index is -0.0754. The van der Waals surface area contributed by atoms with Crippen molar-refractivity contribution in [3.63, 3.8) is 0 Å². The van der Waals surface area contributed by atoms with Crippen LogP contribution in [0, 0.1) is 0 Å². The second-order valence-electron chi connectivity index (χ2n) is 3.34. The lowest BCUT2D eigenvalue weighted by atomic mass is 10.1. The van der Waals surface area contributed by atoms with Crippen molar-refractivity contribution in [2.75, 3.05) is 6.61 Å². The molecule has 86 valence electrons. The molecule has 0 rings (SSSR count). The quantitative estimate of drug-likeness (QED) is 0.450. The van der Waals surface area contributed by atoms with E-state index in [4.69, 9.17) is 4.74 Å². The number of hydrogen-bond acceptors (Lipinski definition) is 2. The van der Waals surface area contributed by atoms with Crippen LogP contribution in [-0.4, -0.2) is 18.1 Å². The number of rotatable bonds is 8. The Morgan fingerprint density at radius 2 is 1.57 bits per heavy atom. The predicted molar refractivity (Wildman–Crippen MR) is 58.2 cm³/mol. The summed E-state index contributed by atoms with van der Waals surface area (Å²) in [5, 5.41) is 0. The van der Waals surface area contributed by atoms with E-state index in [2.05, 4.69) is 6.92 Å². The second-order valence-corrected chi connectivity index (χ2v) is 3.34. The highest BCUT2D eigenvalue weighted by Crippen LogP contribution is 2.04. The zero-order chi connectivity index (χ0) is 9.94. The van der Waals surface area contributed by atoms with E-state index in [0.29, 0.717) is 13.0 Å². The van der Waals surface area contributed by atoms with E-state index in [1.54, 1.807) is 0 Å². The van der Waals surface area contributed by atoms with E-state index in [1.165, 1.54) is 32.1 Å². The molecule has 2 N–H and O–H groups in total. The van der Waals surface area contributed by atoms with Crippen LogP contribution >= 0.6 is 0 Å². The average molecular weight is 204 g/mol. The summed E-state index contributed by atoms with van der Waals surface area (Å²) in [7, 11) is 0. The van der Waals surface area contributed by atoms with Crippen molar-refractivity contribution < 1.29 is 15.0 Å². The summed E-state index contributed by atoms with van der Waals surface area (Å²) < 4.78 is 4.96. The van der Waals surface area contributed by atoms with Crippen molar-refractivity contribution in [2.24, 2.45) is 0 Å². The maximum absolute atomic E-state index is 10.7. The van der Waals surface area contributed by atoms with Crippen molar-refractivity contribution in [1.29, 1.82) is 0 Å². The Hall–Kier alpha value is -0.570. The van der Waals surface area contributed by atoms with Crippen molar-refractivity contribution >= 4 is 5.97 Å². The number of carbonyl (C=O) groups excluding carboxylic acids is 1. The van der Waals surface area contributed by atoms with E-state index in [1.807, 2.05) is 6.92 Å². The number of hydrogen-bond donors (Lipinski definition) is 0. The lowest BCUT2D eigenvalue weighted by Crippen LogP contribution is -2.03. The van der Waals surface area contributed by atoms with E-state index >= 15 is 0 Å². The van der Waals surface area contributed by atoms with Gasteiger partial charge in [-0.3, -0.25) is 4.79 Å². The first kappa shape index (κ1) is 15.9. The second kappa shape index (κ2) is 12.4. The number of unbranched alkanes of at least 4 members (excludes halogenated alkanes) is 5. The molecule has 3 heteroatoms. The third-order valence-corrected chi connectivity index (χ3v) is 2.05. The van der Waals surface area contributed by atoms with Crippen molar-refractivity contribution in [3.8, 4) is 0 Å². The van der Waals surface area contributed by atoms with Gasteiger partial charge in [0.1, 0.15) is 0 Å². The Labute approximate surface area is 87.1 Å². The monoisotopic (exact) mass is 204 g/mol. The predicted octanol–water partition coefficient (Wildman–Crippen LogP) is 2.48. The van der Waals surface area contributed by atoms with Gasteiger partial charge < -0.3 is 10.2 Å². The molecule has 0 unspecified atom stereocenters. The summed E-state index contributed by atoms with van der Waals surface area (Å²) in [6, 6.07) is 0. The van der Waals surface area contributed by atoms with Gasteiger partial charge in [0, 0.05) is 6.42 Å². The third-order valence-electron chi connectivity index (χ3n) is 2.05. The Morgan fingerprint density at radius 1 is 1.00 bits per heavy atom. The van der Waals surface area contributed by atoms with E-state index in [-0.39, 0.29) is 11.4 Å². The van der Waals surface area contributed by atoms with Gasteiger partial charge >= 0.3 is 5.97 Å². The zero-order valence-corrected chi connectivity index (χ0v) is 9.47. The molecular formula is C11H24O3. The summed E-state index contributed by atoms with van der Waals surface area (Å²) in [5.74, 6) is -0.0754. The molecule has 0 amide bonds. The van der Waals surface area contributed by atoms with E-state index < -0.39 is 0 Å². The molecule has 0 aromatic heterocycles. The van der Waals surface area contributed by atoms with Crippen LogP contribution in [0.3, 0.4) is 0 Å². The molecule has 14 heavy (non-hydrogen) atoms. The van der Waals surface area contributed by atoms with Gasteiger partial charge in [0.25, 0.3) is 0 Å². The fourth-order valence-electron chi connectivity index (χ4n) is 1.17. The fourth-order valence-corrected chi connectivity index (χ4v) is 1.17. The molecule has 0 spiro atoms. The Bertz CT molecular complexity index is 124. The van der Waals surface area contributed by atoms with Crippen molar-refractivity contribution in [2.45, 2.75) is 58.8 Å². The molecule has 0 fully saturated rings. The summed E-state index contributed by atoms with van der Waals surface area (Å²) in [6.07, 6.45) is 7.91. The van der Waals surface area contributed by atoms with Crippen LogP contribution in [0.2, 0.25) is 0 Å². The summed E-state index contributed by atoms with van der Waals surface area (Å²) in [4.78, 5) is 10.7. The third kappa shape index (κ3) is 11.4. The first-order chi connectivity index (χ1) is 6.31. The fraction of sp³-hybridized carbons (Fsp3) is 0.909. The van der Waals surface area contributed by atoms with Gasteiger partial charge in [-0.2, -0.15) is 0 Å². The molecule has 0 saturated carbocycles. The topological polar surface area (TPSA) is 57.8 Å². The van der Waals surface area contributed by atoms with Crippen LogP contribution in [0.25, 0.3) is 0 Å². The molecule has 0 aliphatic carbocycles. The maximum atomic E-state index is 10.7. The number of carbonyl (C=O) groups is 1. The summed E-state index contributed by atoms with van der Waals surface area (Å²) in [6.45, 7) is 4.64. The summed E-state index contributed by atoms with van der Waals surface area (Å²) >= 11 is 0. The average Bonchev–Trinajstić information content (AvgIpc) is 2.16. The standard InChI is InChI=1S/C11H22O2.H2O/c1-3-5-6-7-8-9-10-13-11(12)4-2;/h3-10H2,1-2H3;1H2. The van der Waals surface area contributed by atoms with Gasteiger partial charge in [0.15, 0.2) is 0 Å². The van der Waals surface area contributed by atoms with Crippen LogP contribution in [0.15, 0.2) is 0 Å². The highest BCUT2D eigenvalue weighted by molar-refractivity contribution is 5.68. The minimum Gasteiger partial charge on any atom is -0.466 e. The van der Waals surface area contributed by atoms with Gasteiger partial charge in [-0.25, -0.2) is 0 Å². The number of ether oxygens (including phenoxy) is 1. The van der Waals surface area contributed by atoms with Crippen molar-refractivity contribution in [3.05, 3.63) is 0 Å². The molecule has 0 aromatic rings. The number of esters is 1. The molecule has 0 atom stereocenters.